The molecule has 1 aromatic heterocycles. The first-order chi connectivity index (χ1) is 8.95. The predicted octanol–water partition coefficient (Wildman–Crippen LogP) is 3.48. The molecule has 108 valence electrons. The van der Waals surface area contributed by atoms with Crippen molar-refractivity contribution in [2.24, 2.45) is 0 Å². The number of aromatic nitrogens is 1. The van der Waals surface area contributed by atoms with E-state index >= 15 is 0 Å². The molecule has 0 spiro atoms. The summed E-state index contributed by atoms with van der Waals surface area (Å²) in [7, 11) is -3.47. The minimum atomic E-state index is -3.47. The lowest BCUT2D eigenvalue weighted by atomic mass is 10.1. The zero-order valence-electron chi connectivity index (χ0n) is 11.4. The van der Waals surface area contributed by atoms with Gasteiger partial charge in [0, 0.05) is 22.9 Å². The lowest BCUT2D eigenvalue weighted by Crippen LogP contribution is -2.32. The van der Waals surface area contributed by atoms with E-state index in [1.807, 2.05) is 6.92 Å². The fourth-order valence-electron chi connectivity index (χ4n) is 1.81. The van der Waals surface area contributed by atoms with Crippen LogP contribution in [0, 0.1) is 0 Å². The minimum absolute atomic E-state index is 0.0548. The molecule has 0 fully saturated rings. The van der Waals surface area contributed by atoms with Gasteiger partial charge < -0.3 is 0 Å². The van der Waals surface area contributed by atoms with Crippen LogP contribution >= 0.6 is 15.9 Å². The average molecular weight is 349 g/mol. The smallest absolute Gasteiger partial charge is 0.242 e. The number of hydrogen-bond donors (Lipinski definition) is 1. The second-order valence-electron chi connectivity index (χ2n) is 4.71. The van der Waals surface area contributed by atoms with E-state index in [1.54, 1.807) is 12.3 Å². The molecule has 6 heteroatoms. The van der Waals surface area contributed by atoms with E-state index in [1.165, 1.54) is 19.0 Å². The molecule has 19 heavy (non-hydrogen) atoms. The second-order valence-corrected chi connectivity index (χ2v) is 7.34. The van der Waals surface area contributed by atoms with Crippen molar-refractivity contribution in [2.75, 3.05) is 0 Å². The van der Waals surface area contributed by atoms with E-state index in [9.17, 15) is 8.42 Å². The Balaban J connectivity index is 2.55. The third-order valence-corrected chi connectivity index (χ3v) is 4.83. The monoisotopic (exact) mass is 348 g/mol. The van der Waals surface area contributed by atoms with Crippen molar-refractivity contribution in [1.82, 2.24) is 9.71 Å². The van der Waals surface area contributed by atoms with Gasteiger partial charge in [0.1, 0.15) is 4.90 Å². The van der Waals surface area contributed by atoms with Gasteiger partial charge in [-0.1, -0.05) is 32.6 Å². The van der Waals surface area contributed by atoms with Gasteiger partial charge in [-0.05, 0) is 35.3 Å². The first kappa shape index (κ1) is 16.6. The lowest BCUT2D eigenvalue weighted by molar-refractivity contribution is 0.521. The molecule has 4 nitrogen and oxygen atoms in total. The van der Waals surface area contributed by atoms with Crippen LogP contribution in [-0.4, -0.2) is 19.4 Å². The van der Waals surface area contributed by atoms with Gasteiger partial charge in [-0.3, -0.25) is 4.98 Å². The van der Waals surface area contributed by atoms with Gasteiger partial charge in [0.05, 0.1) is 0 Å². The summed E-state index contributed by atoms with van der Waals surface area (Å²) in [6.45, 7) is 4.06. The summed E-state index contributed by atoms with van der Waals surface area (Å²) in [5.41, 5.74) is 0. The van der Waals surface area contributed by atoms with Crippen molar-refractivity contribution in [3.8, 4) is 0 Å². The summed E-state index contributed by atoms with van der Waals surface area (Å²) in [5, 5.41) is 0. The highest BCUT2D eigenvalue weighted by atomic mass is 79.9. The third kappa shape index (κ3) is 6.01. The van der Waals surface area contributed by atoms with E-state index in [2.05, 4.69) is 32.6 Å². The maximum Gasteiger partial charge on any atom is 0.242 e. The quantitative estimate of drug-likeness (QED) is 0.731. The summed E-state index contributed by atoms with van der Waals surface area (Å²) in [4.78, 5) is 4.07. The van der Waals surface area contributed by atoms with Crippen LogP contribution in [0.1, 0.15) is 46.0 Å². The number of nitrogens with zero attached hydrogens (tertiary/aromatic N) is 1. The molecule has 0 saturated heterocycles. The van der Waals surface area contributed by atoms with Crippen molar-refractivity contribution in [3.63, 3.8) is 0 Å². The molecule has 0 aliphatic heterocycles. The Morgan fingerprint density at radius 1 is 1.32 bits per heavy atom. The summed E-state index contributed by atoms with van der Waals surface area (Å²) < 4.78 is 27.6. The standard InChI is InChI=1S/C13H21BrN2O2S/c1-3-4-5-6-7-11(2)16-19(17,18)13-8-12(14)9-15-10-13/h8-11,16H,3-7H2,1-2H3. The third-order valence-electron chi connectivity index (χ3n) is 2.84. The van der Waals surface area contributed by atoms with Crippen LogP contribution < -0.4 is 4.72 Å². The first-order valence-electron chi connectivity index (χ1n) is 6.58. The predicted molar refractivity (Wildman–Crippen MR) is 80.5 cm³/mol. The zero-order valence-corrected chi connectivity index (χ0v) is 13.8. The Morgan fingerprint density at radius 3 is 2.68 bits per heavy atom. The summed E-state index contributed by atoms with van der Waals surface area (Å²) in [5.74, 6) is 0. The Hall–Kier alpha value is -0.460. The molecule has 1 N–H and O–H groups in total. The number of hydrogen-bond acceptors (Lipinski definition) is 3. The molecule has 1 rings (SSSR count). The number of halogens is 1. The van der Waals surface area contributed by atoms with Gasteiger partial charge in [-0.15, -0.1) is 0 Å². The molecular weight excluding hydrogens is 328 g/mol. The zero-order chi connectivity index (χ0) is 14.3. The number of pyridine rings is 1. The van der Waals surface area contributed by atoms with Crippen LogP contribution in [-0.2, 0) is 10.0 Å². The van der Waals surface area contributed by atoms with E-state index in [-0.39, 0.29) is 10.9 Å². The number of nitrogens with one attached hydrogen (secondary N) is 1. The summed E-state index contributed by atoms with van der Waals surface area (Å²) in [6.07, 6.45) is 8.37. The Labute approximate surface area is 124 Å². The Bertz CT molecular complexity index is 491. The highest BCUT2D eigenvalue weighted by molar-refractivity contribution is 9.10. The Morgan fingerprint density at radius 2 is 2.05 bits per heavy atom. The van der Waals surface area contributed by atoms with Gasteiger partial charge in [-0.2, -0.15) is 0 Å². The van der Waals surface area contributed by atoms with Crippen LogP contribution in [0.3, 0.4) is 0 Å². The molecule has 1 atom stereocenters. The molecule has 1 unspecified atom stereocenters. The van der Waals surface area contributed by atoms with Crippen LogP contribution in [0.25, 0.3) is 0 Å². The van der Waals surface area contributed by atoms with Crippen molar-refractivity contribution < 1.29 is 8.42 Å². The normalized spacial score (nSPS) is 13.4. The highest BCUT2D eigenvalue weighted by Crippen LogP contribution is 2.15. The van der Waals surface area contributed by atoms with Crippen LogP contribution in [0.4, 0.5) is 0 Å². The van der Waals surface area contributed by atoms with Crippen molar-refractivity contribution in [3.05, 3.63) is 22.9 Å². The molecule has 0 amide bonds. The number of unbranched alkanes of at least 4 members (excludes halogenated alkanes) is 3. The molecule has 0 aliphatic rings. The SMILES string of the molecule is CCCCCCC(C)NS(=O)(=O)c1cncc(Br)c1. The molecule has 1 heterocycles. The molecule has 0 radical (unpaired) electrons. The molecular formula is C13H21BrN2O2S. The molecule has 1 aromatic rings. The summed E-state index contributed by atoms with van der Waals surface area (Å²) >= 11 is 3.23. The summed E-state index contributed by atoms with van der Waals surface area (Å²) in [6, 6.07) is 1.50. The van der Waals surface area contributed by atoms with Gasteiger partial charge in [0.15, 0.2) is 0 Å². The van der Waals surface area contributed by atoms with Gasteiger partial charge in [0.2, 0.25) is 10.0 Å². The molecule has 0 saturated carbocycles. The first-order valence-corrected chi connectivity index (χ1v) is 8.86. The molecule has 0 aliphatic carbocycles. The number of rotatable bonds is 8. The molecule has 0 aromatic carbocycles. The molecule has 0 bridgehead atoms. The van der Waals surface area contributed by atoms with Crippen molar-refractivity contribution in [1.29, 1.82) is 0 Å². The van der Waals surface area contributed by atoms with Crippen LogP contribution in [0.15, 0.2) is 27.8 Å². The average Bonchev–Trinajstić information content (AvgIpc) is 2.34. The maximum atomic E-state index is 12.1. The van der Waals surface area contributed by atoms with Crippen molar-refractivity contribution >= 4 is 26.0 Å². The maximum absolute atomic E-state index is 12.1. The van der Waals surface area contributed by atoms with E-state index in [0.717, 1.165) is 19.3 Å². The fourth-order valence-corrected chi connectivity index (χ4v) is 3.59. The highest BCUT2D eigenvalue weighted by Gasteiger charge is 2.17. The van der Waals surface area contributed by atoms with E-state index in [0.29, 0.717) is 4.47 Å². The fraction of sp³-hybridized carbons (Fsp3) is 0.615. The van der Waals surface area contributed by atoms with E-state index < -0.39 is 10.0 Å². The van der Waals surface area contributed by atoms with Gasteiger partial charge in [0.25, 0.3) is 0 Å². The minimum Gasteiger partial charge on any atom is -0.262 e. The topological polar surface area (TPSA) is 59.1 Å². The number of sulfonamides is 1. The Kier molecular flexibility index (Phi) is 6.96. The van der Waals surface area contributed by atoms with Gasteiger partial charge in [-0.25, -0.2) is 13.1 Å². The van der Waals surface area contributed by atoms with Crippen molar-refractivity contribution in [2.45, 2.75) is 56.9 Å². The second kappa shape index (κ2) is 7.97. The van der Waals surface area contributed by atoms with E-state index in [4.69, 9.17) is 0 Å². The lowest BCUT2D eigenvalue weighted by Gasteiger charge is -2.14. The van der Waals surface area contributed by atoms with Gasteiger partial charge >= 0.3 is 0 Å². The van der Waals surface area contributed by atoms with Crippen LogP contribution in [0.2, 0.25) is 0 Å². The van der Waals surface area contributed by atoms with Crippen LogP contribution in [0.5, 0.6) is 0 Å². The largest absolute Gasteiger partial charge is 0.262 e.